The van der Waals surface area contributed by atoms with Gasteiger partial charge < -0.3 is 15.1 Å². The van der Waals surface area contributed by atoms with E-state index >= 15 is 0 Å². The molecule has 2 rings (SSSR count). The van der Waals surface area contributed by atoms with Gasteiger partial charge in [-0.2, -0.15) is 0 Å². The van der Waals surface area contributed by atoms with Crippen LogP contribution in [0.1, 0.15) is 48.2 Å². The van der Waals surface area contributed by atoms with Crippen LogP contribution in [0.25, 0.3) is 0 Å². The Kier molecular flexibility index (Phi) is 5.57. The Balaban J connectivity index is 1.81. The third-order valence-corrected chi connectivity index (χ3v) is 3.47. The first-order chi connectivity index (χ1) is 11.0. The maximum atomic E-state index is 12.1. The van der Waals surface area contributed by atoms with Crippen molar-refractivity contribution in [2.45, 2.75) is 39.3 Å². The van der Waals surface area contributed by atoms with Gasteiger partial charge in [-0.1, -0.05) is 18.2 Å². The summed E-state index contributed by atoms with van der Waals surface area (Å²) in [5.74, 6) is 1.22. The molecular formula is C18H22N2O3. The van der Waals surface area contributed by atoms with E-state index in [1.165, 1.54) is 0 Å². The molecule has 1 aromatic heterocycles. The highest BCUT2D eigenvalue weighted by molar-refractivity contribution is 5.94. The minimum atomic E-state index is -0.256. The minimum absolute atomic E-state index is 0.132. The second-order valence-corrected chi connectivity index (χ2v) is 5.68. The summed E-state index contributed by atoms with van der Waals surface area (Å²) in [7, 11) is 0. The maximum absolute atomic E-state index is 12.1. The number of benzene rings is 1. The van der Waals surface area contributed by atoms with Crippen LogP contribution in [-0.4, -0.2) is 17.9 Å². The Morgan fingerprint density at radius 2 is 1.74 bits per heavy atom. The summed E-state index contributed by atoms with van der Waals surface area (Å²) < 4.78 is 5.49. The molecule has 2 aromatic rings. The van der Waals surface area contributed by atoms with Gasteiger partial charge in [-0.15, -0.1) is 0 Å². The molecule has 0 bridgehead atoms. The van der Waals surface area contributed by atoms with Crippen LogP contribution in [0.2, 0.25) is 0 Å². The van der Waals surface area contributed by atoms with Gasteiger partial charge in [0.05, 0.1) is 6.04 Å². The van der Waals surface area contributed by atoms with E-state index in [-0.39, 0.29) is 30.3 Å². The van der Waals surface area contributed by atoms with Crippen LogP contribution < -0.4 is 10.6 Å². The lowest BCUT2D eigenvalue weighted by Gasteiger charge is -2.16. The fraction of sp³-hybridized carbons (Fsp3) is 0.333. The van der Waals surface area contributed by atoms with Crippen LogP contribution in [0.3, 0.4) is 0 Å². The minimum Gasteiger partial charge on any atom is -0.464 e. The molecule has 0 saturated carbocycles. The highest BCUT2D eigenvalue weighted by Gasteiger charge is 2.16. The Morgan fingerprint density at radius 1 is 1.04 bits per heavy atom. The summed E-state index contributed by atoms with van der Waals surface area (Å²) in [5, 5.41) is 5.69. The Labute approximate surface area is 136 Å². The van der Waals surface area contributed by atoms with Crippen molar-refractivity contribution in [3.63, 3.8) is 0 Å². The summed E-state index contributed by atoms with van der Waals surface area (Å²) in [6, 6.07) is 12.2. The van der Waals surface area contributed by atoms with Gasteiger partial charge in [-0.05, 0) is 45.0 Å². The second-order valence-electron chi connectivity index (χ2n) is 5.68. The van der Waals surface area contributed by atoms with Gasteiger partial charge in [0.15, 0.2) is 0 Å². The molecule has 0 radical (unpaired) electrons. The standard InChI is InChI=1S/C18H22N2O3/c1-12(19-18(22)15-7-5-4-6-8-15)11-17(21)20-14(3)16-10-9-13(2)23-16/h4-10,12,14H,11H2,1-3H3,(H,19,22)(H,20,21). The number of aryl methyl sites for hydroxylation is 1. The van der Waals surface area contributed by atoms with Gasteiger partial charge in [0.2, 0.25) is 5.91 Å². The number of carbonyl (C=O) groups excluding carboxylic acids is 2. The number of carbonyl (C=O) groups is 2. The molecular weight excluding hydrogens is 292 g/mol. The van der Waals surface area contributed by atoms with Gasteiger partial charge in [0.25, 0.3) is 5.91 Å². The van der Waals surface area contributed by atoms with Crippen molar-refractivity contribution in [2.75, 3.05) is 0 Å². The van der Waals surface area contributed by atoms with E-state index < -0.39 is 0 Å². The number of amides is 2. The van der Waals surface area contributed by atoms with Crippen molar-refractivity contribution in [3.05, 3.63) is 59.5 Å². The number of hydrogen-bond acceptors (Lipinski definition) is 3. The van der Waals surface area contributed by atoms with Crippen molar-refractivity contribution in [3.8, 4) is 0 Å². The zero-order valence-electron chi connectivity index (χ0n) is 13.6. The SMILES string of the molecule is Cc1ccc(C(C)NC(=O)CC(C)NC(=O)c2ccccc2)o1. The van der Waals surface area contributed by atoms with Gasteiger partial charge in [-0.3, -0.25) is 9.59 Å². The van der Waals surface area contributed by atoms with Crippen LogP contribution in [0, 0.1) is 6.92 Å². The molecule has 2 unspecified atom stereocenters. The van der Waals surface area contributed by atoms with Crippen molar-refractivity contribution >= 4 is 11.8 Å². The third kappa shape index (κ3) is 4.98. The van der Waals surface area contributed by atoms with Crippen molar-refractivity contribution in [1.82, 2.24) is 10.6 Å². The third-order valence-electron chi connectivity index (χ3n) is 3.47. The largest absolute Gasteiger partial charge is 0.464 e. The molecule has 0 aliphatic heterocycles. The molecule has 122 valence electrons. The van der Waals surface area contributed by atoms with Gasteiger partial charge in [0.1, 0.15) is 11.5 Å². The molecule has 0 aliphatic rings. The first-order valence-electron chi connectivity index (χ1n) is 7.67. The number of furan rings is 1. The van der Waals surface area contributed by atoms with Crippen LogP contribution in [0.4, 0.5) is 0 Å². The van der Waals surface area contributed by atoms with Crippen molar-refractivity contribution in [2.24, 2.45) is 0 Å². The predicted molar refractivity (Wildman–Crippen MR) is 88.0 cm³/mol. The van der Waals surface area contributed by atoms with E-state index in [1.807, 2.05) is 39.0 Å². The monoisotopic (exact) mass is 314 g/mol. The number of nitrogens with one attached hydrogen (secondary N) is 2. The maximum Gasteiger partial charge on any atom is 0.251 e. The molecule has 0 spiro atoms. The van der Waals surface area contributed by atoms with E-state index in [0.717, 1.165) is 11.5 Å². The molecule has 5 nitrogen and oxygen atoms in total. The summed E-state index contributed by atoms with van der Waals surface area (Å²) in [6.45, 7) is 5.53. The van der Waals surface area contributed by atoms with Crippen LogP contribution in [0.5, 0.6) is 0 Å². The van der Waals surface area contributed by atoms with E-state index in [1.54, 1.807) is 24.3 Å². The predicted octanol–water partition coefficient (Wildman–Crippen LogP) is 2.97. The van der Waals surface area contributed by atoms with Gasteiger partial charge in [0, 0.05) is 18.0 Å². The number of rotatable bonds is 6. The smallest absolute Gasteiger partial charge is 0.251 e. The first kappa shape index (κ1) is 16.8. The molecule has 23 heavy (non-hydrogen) atoms. The molecule has 0 aliphatic carbocycles. The molecule has 2 N–H and O–H groups in total. The lowest BCUT2D eigenvalue weighted by atomic mass is 10.1. The first-order valence-corrected chi connectivity index (χ1v) is 7.67. The molecule has 1 aromatic carbocycles. The molecule has 2 amide bonds. The summed E-state index contributed by atoms with van der Waals surface area (Å²) in [5.41, 5.74) is 0.583. The zero-order chi connectivity index (χ0) is 16.8. The molecule has 1 heterocycles. The topological polar surface area (TPSA) is 71.3 Å². The highest BCUT2D eigenvalue weighted by Crippen LogP contribution is 2.15. The van der Waals surface area contributed by atoms with Gasteiger partial charge in [-0.25, -0.2) is 0 Å². The normalized spacial score (nSPS) is 13.2. The van der Waals surface area contributed by atoms with E-state index in [2.05, 4.69) is 10.6 Å². The average Bonchev–Trinajstić information content (AvgIpc) is 2.94. The fourth-order valence-electron chi connectivity index (χ4n) is 2.28. The Morgan fingerprint density at radius 3 is 2.35 bits per heavy atom. The fourth-order valence-corrected chi connectivity index (χ4v) is 2.28. The number of hydrogen-bond donors (Lipinski definition) is 2. The lowest BCUT2D eigenvalue weighted by molar-refractivity contribution is -0.122. The summed E-state index contributed by atoms with van der Waals surface area (Å²) >= 11 is 0. The van der Waals surface area contributed by atoms with E-state index in [9.17, 15) is 9.59 Å². The molecule has 5 heteroatoms. The quantitative estimate of drug-likeness (QED) is 0.861. The molecule has 2 atom stereocenters. The van der Waals surface area contributed by atoms with Crippen LogP contribution in [0.15, 0.2) is 46.9 Å². The van der Waals surface area contributed by atoms with E-state index in [0.29, 0.717) is 5.56 Å². The van der Waals surface area contributed by atoms with Crippen LogP contribution in [-0.2, 0) is 4.79 Å². The zero-order valence-corrected chi connectivity index (χ0v) is 13.6. The molecule has 0 fully saturated rings. The molecule has 0 saturated heterocycles. The summed E-state index contributed by atoms with van der Waals surface area (Å²) in [4.78, 5) is 24.1. The van der Waals surface area contributed by atoms with Gasteiger partial charge >= 0.3 is 0 Å². The average molecular weight is 314 g/mol. The Hall–Kier alpha value is -2.56. The van der Waals surface area contributed by atoms with Crippen molar-refractivity contribution < 1.29 is 14.0 Å². The lowest BCUT2D eigenvalue weighted by Crippen LogP contribution is -2.37. The highest BCUT2D eigenvalue weighted by atomic mass is 16.3. The van der Waals surface area contributed by atoms with E-state index in [4.69, 9.17) is 4.42 Å². The van der Waals surface area contributed by atoms with Crippen molar-refractivity contribution in [1.29, 1.82) is 0 Å². The second kappa shape index (κ2) is 7.63. The van der Waals surface area contributed by atoms with Crippen LogP contribution >= 0.6 is 0 Å². The Bertz CT molecular complexity index is 664. The summed E-state index contributed by atoms with van der Waals surface area (Å²) in [6.07, 6.45) is 0.211.